The van der Waals surface area contributed by atoms with Gasteiger partial charge in [-0.3, -0.25) is 5.32 Å². The fourth-order valence-electron chi connectivity index (χ4n) is 2.48. The molecular formula is C15H18F6NOP. The number of halogens is 6. The summed E-state index contributed by atoms with van der Waals surface area (Å²) in [4.78, 5) is 0. The van der Waals surface area contributed by atoms with E-state index in [0.717, 1.165) is 6.07 Å². The third-order valence-electron chi connectivity index (χ3n) is 3.79. The molecule has 0 bridgehead atoms. The molecule has 1 fully saturated rings. The molecule has 2 rings (SSSR count). The van der Waals surface area contributed by atoms with E-state index in [0.29, 0.717) is 0 Å². The second-order valence-corrected chi connectivity index (χ2v) is 8.80. The van der Waals surface area contributed by atoms with Crippen molar-refractivity contribution in [3.8, 4) is 0 Å². The van der Waals surface area contributed by atoms with Crippen LogP contribution in [0.5, 0.6) is 0 Å². The van der Waals surface area contributed by atoms with Crippen molar-refractivity contribution in [3.63, 3.8) is 0 Å². The molecule has 1 N–H and O–H groups in total. The Hall–Kier alpha value is -0.850. The molecule has 9 heteroatoms. The van der Waals surface area contributed by atoms with Crippen LogP contribution in [0.3, 0.4) is 0 Å². The Bertz CT molecular complexity index is 567. The highest BCUT2D eigenvalue weighted by molar-refractivity contribution is 7.67. The summed E-state index contributed by atoms with van der Waals surface area (Å²) in [5.41, 5.74) is -0.340. The molecule has 1 aromatic carbocycles. The zero-order chi connectivity index (χ0) is 18.3. The SMILES string of the molecule is CC(C)(C)[C@H]1CO[C@@H](c2ccccc2P(C(F)(F)F)C(F)(F)F)N1. The van der Waals surface area contributed by atoms with Crippen molar-refractivity contribution in [2.24, 2.45) is 5.41 Å². The molecule has 0 radical (unpaired) electrons. The Morgan fingerprint density at radius 2 is 1.54 bits per heavy atom. The predicted octanol–water partition coefficient (Wildman–Crippen LogP) is 4.87. The lowest BCUT2D eigenvalue weighted by molar-refractivity contribution is -0.0812. The Kier molecular flexibility index (Phi) is 5.25. The quantitative estimate of drug-likeness (QED) is 0.590. The van der Waals surface area contributed by atoms with Crippen LogP contribution in [0, 0.1) is 5.41 Å². The average molecular weight is 373 g/mol. The minimum absolute atomic E-state index is 0.106. The second-order valence-electron chi connectivity index (χ2n) is 6.63. The van der Waals surface area contributed by atoms with Gasteiger partial charge >= 0.3 is 11.8 Å². The molecule has 0 aromatic heterocycles. The zero-order valence-corrected chi connectivity index (χ0v) is 14.2. The van der Waals surface area contributed by atoms with Gasteiger partial charge in [-0.15, -0.1) is 0 Å². The van der Waals surface area contributed by atoms with Crippen molar-refractivity contribution >= 4 is 13.2 Å². The van der Waals surface area contributed by atoms with Crippen molar-refractivity contribution in [1.29, 1.82) is 0 Å². The van der Waals surface area contributed by atoms with Crippen LogP contribution in [0.2, 0.25) is 0 Å². The molecule has 0 saturated carbocycles. The van der Waals surface area contributed by atoms with Crippen LogP contribution in [-0.2, 0) is 4.74 Å². The summed E-state index contributed by atoms with van der Waals surface area (Å²) >= 11 is 0. The molecule has 1 aliphatic heterocycles. The Morgan fingerprint density at radius 1 is 1.00 bits per heavy atom. The molecule has 1 aliphatic rings. The van der Waals surface area contributed by atoms with Gasteiger partial charge in [0.05, 0.1) is 6.61 Å². The van der Waals surface area contributed by atoms with E-state index in [4.69, 9.17) is 4.74 Å². The molecule has 1 heterocycles. The van der Waals surface area contributed by atoms with E-state index in [2.05, 4.69) is 5.32 Å². The van der Waals surface area contributed by atoms with Crippen molar-refractivity contribution in [2.45, 2.75) is 44.9 Å². The van der Waals surface area contributed by atoms with E-state index in [1.165, 1.54) is 18.2 Å². The van der Waals surface area contributed by atoms with Gasteiger partial charge in [0.1, 0.15) is 14.1 Å². The lowest BCUT2D eigenvalue weighted by Crippen LogP contribution is -2.39. The zero-order valence-electron chi connectivity index (χ0n) is 13.3. The van der Waals surface area contributed by atoms with Gasteiger partial charge in [0.25, 0.3) is 0 Å². The van der Waals surface area contributed by atoms with Crippen molar-refractivity contribution < 1.29 is 31.1 Å². The molecule has 0 amide bonds. The number of hydrogen-bond donors (Lipinski definition) is 1. The van der Waals surface area contributed by atoms with Gasteiger partial charge in [-0.2, -0.15) is 26.3 Å². The summed E-state index contributed by atoms with van der Waals surface area (Å²) in [7, 11) is -4.34. The van der Waals surface area contributed by atoms with Crippen LogP contribution in [0.15, 0.2) is 24.3 Å². The summed E-state index contributed by atoms with van der Waals surface area (Å²) < 4.78 is 84.0. The molecule has 2 nitrogen and oxygen atoms in total. The van der Waals surface area contributed by atoms with Crippen LogP contribution in [-0.4, -0.2) is 24.5 Å². The first-order valence-electron chi connectivity index (χ1n) is 7.22. The van der Waals surface area contributed by atoms with Crippen LogP contribution in [0.25, 0.3) is 0 Å². The van der Waals surface area contributed by atoms with Crippen LogP contribution >= 0.6 is 7.92 Å². The minimum atomic E-state index is -5.37. The van der Waals surface area contributed by atoms with E-state index in [1.54, 1.807) is 0 Å². The number of ether oxygens (including phenoxy) is 1. The highest BCUT2D eigenvalue weighted by Crippen LogP contribution is 2.64. The predicted molar refractivity (Wildman–Crippen MR) is 80.2 cm³/mol. The van der Waals surface area contributed by atoms with Crippen molar-refractivity contribution in [2.75, 3.05) is 6.61 Å². The maximum Gasteiger partial charge on any atom is 0.418 e. The fraction of sp³-hybridized carbons (Fsp3) is 0.600. The summed E-state index contributed by atoms with van der Waals surface area (Å²) in [6, 6.07) is 4.57. The summed E-state index contributed by atoms with van der Waals surface area (Å²) in [5, 5.41) is 2.23. The van der Waals surface area contributed by atoms with Crippen LogP contribution in [0.1, 0.15) is 32.6 Å². The summed E-state index contributed by atoms with van der Waals surface area (Å²) in [6.07, 6.45) is -0.986. The van der Waals surface area contributed by atoms with Gasteiger partial charge in [0.2, 0.25) is 0 Å². The van der Waals surface area contributed by atoms with E-state index >= 15 is 0 Å². The molecule has 1 saturated heterocycles. The number of benzene rings is 1. The standard InChI is InChI=1S/C15H18F6NOP/c1-13(2,3)11-8-23-12(22-11)9-6-4-5-7-10(9)24(14(16,17)18)15(19,20)21/h4-7,11-12,22H,8H2,1-3H3/t11-,12+/m1/s1. The molecule has 0 unspecified atom stereocenters. The summed E-state index contributed by atoms with van der Waals surface area (Å²) in [5.74, 6) is -10.7. The van der Waals surface area contributed by atoms with E-state index in [9.17, 15) is 26.3 Å². The van der Waals surface area contributed by atoms with E-state index in [1.807, 2.05) is 20.8 Å². The monoisotopic (exact) mass is 373 g/mol. The van der Waals surface area contributed by atoms with Crippen LogP contribution in [0.4, 0.5) is 26.3 Å². The molecular weight excluding hydrogens is 355 g/mol. The van der Waals surface area contributed by atoms with E-state index < -0.39 is 31.3 Å². The number of alkyl halides is 6. The van der Waals surface area contributed by atoms with Gasteiger partial charge in [-0.05, 0) is 5.41 Å². The first-order chi connectivity index (χ1) is 10.8. The van der Waals surface area contributed by atoms with Gasteiger partial charge in [0.15, 0.2) is 0 Å². The van der Waals surface area contributed by atoms with Gasteiger partial charge < -0.3 is 4.74 Å². The topological polar surface area (TPSA) is 21.3 Å². The van der Waals surface area contributed by atoms with E-state index in [-0.39, 0.29) is 23.6 Å². The van der Waals surface area contributed by atoms with Gasteiger partial charge in [0, 0.05) is 16.9 Å². The largest absolute Gasteiger partial charge is 0.418 e. The maximum absolute atomic E-state index is 13.1. The maximum atomic E-state index is 13.1. The molecule has 0 spiro atoms. The van der Waals surface area contributed by atoms with Crippen molar-refractivity contribution in [1.82, 2.24) is 5.32 Å². The lowest BCUT2D eigenvalue weighted by Gasteiger charge is -2.28. The van der Waals surface area contributed by atoms with Crippen molar-refractivity contribution in [3.05, 3.63) is 29.8 Å². The highest BCUT2D eigenvalue weighted by atomic mass is 31.1. The van der Waals surface area contributed by atoms with Gasteiger partial charge in [-0.1, -0.05) is 45.0 Å². The van der Waals surface area contributed by atoms with Crippen LogP contribution < -0.4 is 10.6 Å². The Morgan fingerprint density at radius 3 is 2.00 bits per heavy atom. The molecule has 2 atom stereocenters. The third kappa shape index (κ3) is 4.21. The first kappa shape index (κ1) is 19.5. The fourth-order valence-corrected chi connectivity index (χ4v) is 4.00. The normalized spacial score (nSPS) is 23.1. The number of rotatable bonds is 2. The minimum Gasteiger partial charge on any atom is -0.357 e. The second kappa shape index (κ2) is 6.46. The smallest absolute Gasteiger partial charge is 0.357 e. The number of nitrogens with one attached hydrogen (secondary N) is 1. The molecule has 1 aromatic rings. The first-order valence-corrected chi connectivity index (χ1v) is 8.56. The lowest BCUT2D eigenvalue weighted by atomic mass is 9.88. The highest BCUT2D eigenvalue weighted by Gasteiger charge is 2.58. The summed E-state index contributed by atoms with van der Waals surface area (Å²) in [6.45, 7) is 5.97. The Balaban J connectivity index is 2.41. The molecule has 0 aliphatic carbocycles. The Labute approximate surface area is 137 Å². The third-order valence-corrected chi connectivity index (χ3v) is 5.70. The average Bonchev–Trinajstić information content (AvgIpc) is 2.85. The van der Waals surface area contributed by atoms with Gasteiger partial charge in [-0.25, -0.2) is 0 Å². The molecule has 24 heavy (non-hydrogen) atoms. The number of hydrogen-bond acceptors (Lipinski definition) is 2. The molecule has 136 valence electrons.